The summed E-state index contributed by atoms with van der Waals surface area (Å²) in [5.41, 5.74) is 14.6. The molecule has 0 amide bonds. The minimum Gasteiger partial charge on any atom is -0.384 e. The lowest BCUT2D eigenvalue weighted by Crippen LogP contribution is -2.10. The molecule has 0 unspecified atom stereocenters. The van der Waals surface area contributed by atoms with Crippen molar-refractivity contribution in [2.24, 2.45) is 11.5 Å². The van der Waals surface area contributed by atoms with E-state index in [4.69, 9.17) is 22.3 Å². The van der Waals surface area contributed by atoms with Gasteiger partial charge in [0.25, 0.3) is 0 Å². The molecule has 3 rings (SSSR count). The van der Waals surface area contributed by atoms with Gasteiger partial charge in [0.15, 0.2) is 0 Å². The maximum absolute atomic E-state index is 7.40. The Balaban J connectivity index is 0.00000156. The zero-order valence-corrected chi connectivity index (χ0v) is 14.6. The molecule has 1 heterocycles. The molecular formula is C16H17Cl2N7. The van der Waals surface area contributed by atoms with E-state index in [1.165, 1.54) is 0 Å². The summed E-state index contributed by atoms with van der Waals surface area (Å²) >= 11 is 0. The number of halogens is 2. The standard InChI is InChI=1S/C16H15N7.2ClH/c17-15(18)11-3-1-10(2-4-11)14-9-23(22-21-14)13-7-5-12(6-8-13)16(19)20;;/h1-9H,(H3,17,18)(H3,19,20);2*1H. The molecule has 0 bridgehead atoms. The maximum atomic E-state index is 7.40. The van der Waals surface area contributed by atoms with Gasteiger partial charge in [-0.05, 0) is 24.3 Å². The normalized spacial score (nSPS) is 9.60. The number of aromatic nitrogens is 3. The van der Waals surface area contributed by atoms with Crippen molar-refractivity contribution in [3.05, 3.63) is 65.9 Å². The van der Waals surface area contributed by atoms with E-state index >= 15 is 0 Å². The predicted octanol–water partition coefficient (Wildman–Crippen LogP) is 2.35. The topological polar surface area (TPSA) is 130 Å². The minimum absolute atomic E-state index is 0. The summed E-state index contributed by atoms with van der Waals surface area (Å²) in [5.74, 6) is 0.0622. The zero-order valence-electron chi connectivity index (χ0n) is 13.0. The third-order valence-electron chi connectivity index (χ3n) is 3.43. The van der Waals surface area contributed by atoms with Gasteiger partial charge in [0.05, 0.1) is 11.9 Å². The van der Waals surface area contributed by atoms with Gasteiger partial charge in [-0.15, -0.1) is 29.9 Å². The van der Waals surface area contributed by atoms with Crippen molar-refractivity contribution in [3.63, 3.8) is 0 Å². The van der Waals surface area contributed by atoms with Crippen LogP contribution < -0.4 is 11.5 Å². The van der Waals surface area contributed by atoms with E-state index in [1.54, 1.807) is 28.9 Å². The average Bonchev–Trinajstić information content (AvgIpc) is 3.05. The summed E-state index contributed by atoms with van der Waals surface area (Å²) in [5, 5.41) is 23.1. The first-order valence-electron chi connectivity index (χ1n) is 6.86. The van der Waals surface area contributed by atoms with E-state index in [1.807, 2.05) is 30.5 Å². The predicted molar refractivity (Wildman–Crippen MR) is 103 cm³/mol. The van der Waals surface area contributed by atoms with Crippen LogP contribution in [0.5, 0.6) is 0 Å². The van der Waals surface area contributed by atoms with Crippen molar-refractivity contribution in [2.75, 3.05) is 0 Å². The van der Waals surface area contributed by atoms with Crippen molar-refractivity contribution >= 4 is 36.5 Å². The number of rotatable bonds is 4. The Bertz CT molecular complexity index is 798. The summed E-state index contributed by atoms with van der Waals surface area (Å²) in [6.07, 6.45) is 1.81. The van der Waals surface area contributed by atoms with E-state index in [9.17, 15) is 0 Å². The number of amidine groups is 2. The summed E-state index contributed by atoms with van der Waals surface area (Å²) < 4.78 is 1.65. The number of hydrogen-bond acceptors (Lipinski definition) is 4. The second kappa shape index (κ2) is 8.27. The Kier molecular flexibility index (Phi) is 6.67. The molecule has 7 nitrogen and oxygen atoms in total. The van der Waals surface area contributed by atoms with E-state index in [0.29, 0.717) is 11.1 Å². The molecule has 2 aromatic carbocycles. The lowest BCUT2D eigenvalue weighted by molar-refractivity contribution is 0.804. The van der Waals surface area contributed by atoms with E-state index in [2.05, 4.69) is 10.3 Å². The number of nitrogens with zero attached hydrogens (tertiary/aromatic N) is 3. The highest BCUT2D eigenvalue weighted by atomic mass is 35.5. The van der Waals surface area contributed by atoms with Gasteiger partial charge in [-0.2, -0.15) is 0 Å². The van der Waals surface area contributed by atoms with Crippen LogP contribution in [0.1, 0.15) is 11.1 Å². The van der Waals surface area contributed by atoms with Gasteiger partial charge in [0.2, 0.25) is 0 Å². The Morgan fingerprint density at radius 2 is 1.28 bits per heavy atom. The third-order valence-corrected chi connectivity index (χ3v) is 3.43. The van der Waals surface area contributed by atoms with Gasteiger partial charge < -0.3 is 11.5 Å². The quantitative estimate of drug-likeness (QED) is 0.410. The van der Waals surface area contributed by atoms with Gasteiger partial charge in [-0.3, -0.25) is 10.8 Å². The smallest absolute Gasteiger partial charge is 0.122 e. The van der Waals surface area contributed by atoms with Crippen LogP contribution in [0.4, 0.5) is 0 Å². The van der Waals surface area contributed by atoms with E-state index < -0.39 is 0 Å². The molecule has 130 valence electrons. The van der Waals surface area contributed by atoms with Crippen LogP contribution in [0.3, 0.4) is 0 Å². The number of benzene rings is 2. The van der Waals surface area contributed by atoms with Crippen molar-refractivity contribution < 1.29 is 0 Å². The highest BCUT2D eigenvalue weighted by molar-refractivity contribution is 5.95. The summed E-state index contributed by atoms with van der Waals surface area (Å²) in [6.45, 7) is 0. The fourth-order valence-corrected chi connectivity index (χ4v) is 2.14. The molecule has 0 aliphatic carbocycles. The molecule has 0 spiro atoms. The molecule has 0 aliphatic heterocycles. The molecule has 0 aliphatic rings. The Labute approximate surface area is 156 Å². The van der Waals surface area contributed by atoms with Crippen LogP contribution in [0, 0.1) is 10.8 Å². The average molecular weight is 378 g/mol. The molecular weight excluding hydrogens is 361 g/mol. The number of hydrogen-bond donors (Lipinski definition) is 4. The molecule has 0 atom stereocenters. The fourth-order valence-electron chi connectivity index (χ4n) is 2.14. The number of nitrogens with one attached hydrogen (secondary N) is 2. The molecule has 6 N–H and O–H groups in total. The first kappa shape index (κ1) is 20.1. The second-order valence-electron chi connectivity index (χ2n) is 5.00. The van der Waals surface area contributed by atoms with Crippen LogP contribution in [-0.2, 0) is 0 Å². The molecule has 9 heteroatoms. The van der Waals surface area contributed by atoms with Crippen molar-refractivity contribution in [2.45, 2.75) is 0 Å². The summed E-state index contributed by atoms with van der Waals surface area (Å²) in [7, 11) is 0. The molecule has 0 saturated heterocycles. The number of nitrogen functional groups attached to an aromatic ring is 2. The lowest BCUT2D eigenvalue weighted by atomic mass is 10.1. The van der Waals surface area contributed by atoms with Crippen molar-refractivity contribution in [1.82, 2.24) is 15.0 Å². The Morgan fingerprint density at radius 3 is 1.76 bits per heavy atom. The fraction of sp³-hybridized carbons (Fsp3) is 0. The van der Waals surface area contributed by atoms with Crippen LogP contribution in [0.2, 0.25) is 0 Å². The highest BCUT2D eigenvalue weighted by Gasteiger charge is 2.06. The Hall–Kier alpha value is -2.90. The van der Waals surface area contributed by atoms with Gasteiger partial charge >= 0.3 is 0 Å². The molecule has 1 aromatic heterocycles. The molecule has 0 saturated carbocycles. The van der Waals surface area contributed by atoms with Crippen LogP contribution in [0.25, 0.3) is 16.9 Å². The monoisotopic (exact) mass is 377 g/mol. The molecule has 0 fully saturated rings. The maximum Gasteiger partial charge on any atom is 0.122 e. The summed E-state index contributed by atoms with van der Waals surface area (Å²) in [4.78, 5) is 0. The lowest BCUT2D eigenvalue weighted by Gasteiger charge is -2.02. The van der Waals surface area contributed by atoms with Gasteiger partial charge in [-0.1, -0.05) is 29.5 Å². The van der Waals surface area contributed by atoms with E-state index in [-0.39, 0.29) is 36.5 Å². The van der Waals surface area contributed by atoms with E-state index in [0.717, 1.165) is 16.9 Å². The van der Waals surface area contributed by atoms with Crippen molar-refractivity contribution in [3.8, 4) is 16.9 Å². The van der Waals surface area contributed by atoms with Gasteiger partial charge in [-0.25, -0.2) is 4.68 Å². The summed E-state index contributed by atoms with van der Waals surface area (Å²) in [6, 6.07) is 14.4. The van der Waals surface area contributed by atoms with Crippen LogP contribution in [0.15, 0.2) is 54.7 Å². The molecule has 25 heavy (non-hydrogen) atoms. The van der Waals surface area contributed by atoms with Gasteiger partial charge in [0.1, 0.15) is 17.4 Å². The molecule has 0 radical (unpaired) electrons. The van der Waals surface area contributed by atoms with Gasteiger partial charge in [0, 0.05) is 16.7 Å². The van der Waals surface area contributed by atoms with Crippen molar-refractivity contribution in [1.29, 1.82) is 10.8 Å². The first-order chi connectivity index (χ1) is 11.0. The van der Waals surface area contributed by atoms with Crippen LogP contribution in [-0.4, -0.2) is 26.7 Å². The zero-order chi connectivity index (χ0) is 16.4. The van der Waals surface area contributed by atoms with Crippen LogP contribution >= 0.6 is 24.8 Å². The second-order valence-corrected chi connectivity index (χ2v) is 5.00. The molecule has 3 aromatic rings. The minimum atomic E-state index is 0. The largest absolute Gasteiger partial charge is 0.384 e. The third kappa shape index (κ3) is 4.34. The SMILES string of the molecule is Cl.Cl.N=C(N)c1ccc(-c2cn(-c3ccc(C(=N)N)cc3)nn2)cc1. The Morgan fingerprint density at radius 1 is 0.800 bits per heavy atom. The number of nitrogens with two attached hydrogens (primary N) is 2. The first-order valence-corrected chi connectivity index (χ1v) is 6.86. The highest BCUT2D eigenvalue weighted by Crippen LogP contribution is 2.18.